The third-order valence-corrected chi connectivity index (χ3v) is 1.09. The first-order valence-corrected chi connectivity index (χ1v) is 3.66. The lowest BCUT2D eigenvalue weighted by molar-refractivity contribution is 0.426. The molecule has 0 radical (unpaired) electrons. The lowest BCUT2D eigenvalue weighted by atomic mass is 10.4. The molecule has 0 aliphatic heterocycles. The summed E-state index contributed by atoms with van der Waals surface area (Å²) < 4.78 is 0. The van der Waals surface area contributed by atoms with Crippen LogP contribution >= 0.6 is 0 Å². The third-order valence-electron chi connectivity index (χ3n) is 1.09. The average Bonchev–Trinajstić information content (AvgIpc) is 1.63. The molecule has 0 aromatic rings. The fourth-order valence-corrected chi connectivity index (χ4v) is 0.865. The van der Waals surface area contributed by atoms with Crippen LogP contribution in [0.25, 0.3) is 0 Å². The largest absolute Gasteiger partial charge is 0.302 e. The van der Waals surface area contributed by atoms with Crippen LogP contribution in [0.15, 0.2) is 0 Å². The van der Waals surface area contributed by atoms with Crippen LogP contribution in [0.5, 0.6) is 0 Å². The van der Waals surface area contributed by atoms with Crippen LogP contribution in [0.3, 0.4) is 0 Å². The van der Waals surface area contributed by atoms with Crippen molar-refractivity contribution < 1.29 is 0 Å². The van der Waals surface area contributed by atoms with Crippen molar-refractivity contribution >= 4 is 0 Å². The Morgan fingerprint density at radius 3 is 2.11 bits per heavy atom. The maximum atomic E-state index is 3.33. The molecule has 56 valence electrons. The van der Waals surface area contributed by atoms with E-state index in [-0.39, 0.29) is 0 Å². The summed E-state index contributed by atoms with van der Waals surface area (Å²) in [7, 11) is 0. The van der Waals surface area contributed by atoms with E-state index in [0.29, 0.717) is 12.2 Å². The van der Waals surface area contributed by atoms with Gasteiger partial charge < -0.3 is 5.32 Å². The molecule has 2 heteroatoms. The maximum absolute atomic E-state index is 3.33. The summed E-state index contributed by atoms with van der Waals surface area (Å²) >= 11 is 0. The first kappa shape index (κ1) is 8.92. The second-order valence-corrected chi connectivity index (χ2v) is 2.60. The topological polar surface area (TPSA) is 24.1 Å². The SMILES string of the molecule is CCNC(C)NC(C)C. The molecular weight excluding hydrogens is 112 g/mol. The van der Waals surface area contributed by atoms with Gasteiger partial charge in [-0.1, -0.05) is 6.92 Å². The molecule has 2 nitrogen and oxygen atoms in total. The number of hydrogen-bond donors (Lipinski definition) is 2. The van der Waals surface area contributed by atoms with Gasteiger partial charge in [-0.15, -0.1) is 0 Å². The standard InChI is InChI=1S/C7H18N2/c1-5-8-7(4)9-6(2)3/h6-9H,5H2,1-4H3. The van der Waals surface area contributed by atoms with Crippen molar-refractivity contribution in [1.82, 2.24) is 10.6 Å². The Morgan fingerprint density at radius 1 is 1.22 bits per heavy atom. The molecule has 9 heavy (non-hydrogen) atoms. The zero-order valence-electron chi connectivity index (χ0n) is 6.86. The third kappa shape index (κ3) is 5.80. The van der Waals surface area contributed by atoms with E-state index in [4.69, 9.17) is 0 Å². The Labute approximate surface area is 58.0 Å². The highest BCUT2D eigenvalue weighted by Gasteiger charge is 1.98. The van der Waals surface area contributed by atoms with Crippen molar-refractivity contribution in [3.63, 3.8) is 0 Å². The Kier molecular flexibility index (Phi) is 4.72. The molecule has 0 saturated heterocycles. The molecule has 0 heterocycles. The van der Waals surface area contributed by atoms with Crippen molar-refractivity contribution in [1.29, 1.82) is 0 Å². The van der Waals surface area contributed by atoms with E-state index in [9.17, 15) is 0 Å². The summed E-state index contributed by atoms with van der Waals surface area (Å²) in [6.45, 7) is 9.56. The summed E-state index contributed by atoms with van der Waals surface area (Å²) in [5, 5.41) is 6.60. The first-order chi connectivity index (χ1) is 4.16. The van der Waals surface area contributed by atoms with Crippen LogP contribution in [0, 0.1) is 0 Å². The molecule has 0 aromatic heterocycles. The van der Waals surface area contributed by atoms with Gasteiger partial charge in [0.2, 0.25) is 0 Å². The van der Waals surface area contributed by atoms with Gasteiger partial charge in [-0.05, 0) is 27.3 Å². The Balaban J connectivity index is 3.15. The van der Waals surface area contributed by atoms with Gasteiger partial charge in [-0.25, -0.2) is 0 Å². The molecule has 0 saturated carbocycles. The maximum Gasteiger partial charge on any atom is 0.0544 e. The average molecular weight is 130 g/mol. The molecule has 0 spiro atoms. The van der Waals surface area contributed by atoms with Gasteiger partial charge in [0.05, 0.1) is 6.17 Å². The molecule has 0 rings (SSSR count). The van der Waals surface area contributed by atoms with Crippen molar-refractivity contribution in [3.8, 4) is 0 Å². The molecule has 0 aliphatic carbocycles. The minimum absolute atomic E-state index is 0.440. The van der Waals surface area contributed by atoms with Gasteiger partial charge in [-0.3, -0.25) is 5.32 Å². The smallest absolute Gasteiger partial charge is 0.0544 e. The zero-order chi connectivity index (χ0) is 7.28. The molecule has 0 aromatic carbocycles. The van der Waals surface area contributed by atoms with Crippen LogP contribution in [-0.4, -0.2) is 18.8 Å². The summed E-state index contributed by atoms with van der Waals surface area (Å²) in [6, 6.07) is 0.569. The highest BCUT2D eigenvalue weighted by atomic mass is 15.1. The minimum Gasteiger partial charge on any atom is -0.302 e. The predicted molar refractivity (Wildman–Crippen MR) is 41.4 cm³/mol. The van der Waals surface area contributed by atoms with Gasteiger partial charge in [0.1, 0.15) is 0 Å². The Hall–Kier alpha value is -0.0800. The quantitative estimate of drug-likeness (QED) is 0.553. The lowest BCUT2D eigenvalue weighted by Gasteiger charge is -2.16. The van der Waals surface area contributed by atoms with Gasteiger partial charge in [0.25, 0.3) is 0 Å². The predicted octanol–water partition coefficient (Wildman–Crippen LogP) is 0.940. The van der Waals surface area contributed by atoms with Gasteiger partial charge in [0, 0.05) is 6.04 Å². The van der Waals surface area contributed by atoms with Crippen LogP contribution in [0.2, 0.25) is 0 Å². The van der Waals surface area contributed by atoms with Gasteiger partial charge >= 0.3 is 0 Å². The van der Waals surface area contributed by atoms with Crippen molar-refractivity contribution in [2.24, 2.45) is 0 Å². The van der Waals surface area contributed by atoms with Crippen LogP contribution < -0.4 is 10.6 Å². The fourth-order valence-electron chi connectivity index (χ4n) is 0.865. The molecule has 1 unspecified atom stereocenters. The number of rotatable bonds is 4. The Bertz CT molecular complexity index is 61.9. The molecular formula is C7H18N2. The van der Waals surface area contributed by atoms with E-state index in [1.807, 2.05) is 0 Å². The second kappa shape index (κ2) is 4.77. The highest BCUT2D eigenvalue weighted by molar-refractivity contribution is 4.59. The zero-order valence-corrected chi connectivity index (χ0v) is 6.86. The van der Waals surface area contributed by atoms with Gasteiger partial charge in [0.15, 0.2) is 0 Å². The van der Waals surface area contributed by atoms with Crippen molar-refractivity contribution in [2.75, 3.05) is 6.54 Å². The summed E-state index contributed by atoms with van der Waals surface area (Å²) in [4.78, 5) is 0. The van der Waals surface area contributed by atoms with E-state index in [2.05, 4.69) is 38.3 Å². The van der Waals surface area contributed by atoms with Crippen molar-refractivity contribution in [3.05, 3.63) is 0 Å². The van der Waals surface area contributed by atoms with E-state index in [1.54, 1.807) is 0 Å². The summed E-state index contributed by atoms with van der Waals surface area (Å²) in [5.74, 6) is 0. The molecule has 0 fully saturated rings. The Morgan fingerprint density at radius 2 is 1.78 bits per heavy atom. The van der Waals surface area contributed by atoms with E-state index in [0.717, 1.165) is 6.54 Å². The number of nitrogens with one attached hydrogen (secondary N) is 2. The summed E-state index contributed by atoms with van der Waals surface area (Å²) in [5.41, 5.74) is 0. The summed E-state index contributed by atoms with van der Waals surface area (Å²) in [6.07, 6.45) is 0.440. The van der Waals surface area contributed by atoms with E-state index in [1.165, 1.54) is 0 Å². The molecule has 0 aliphatic rings. The first-order valence-electron chi connectivity index (χ1n) is 3.66. The second-order valence-electron chi connectivity index (χ2n) is 2.60. The van der Waals surface area contributed by atoms with Crippen LogP contribution in [0.1, 0.15) is 27.7 Å². The van der Waals surface area contributed by atoms with E-state index >= 15 is 0 Å². The molecule has 0 amide bonds. The van der Waals surface area contributed by atoms with Gasteiger partial charge in [-0.2, -0.15) is 0 Å². The number of hydrogen-bond acceptors (Lipinski definition) is 2. The fraction of sp³-hybridized carbons (Fsp3) is 1.00. The highest BCUT2D eigenvalue weighted by Crippen LogP contribution is 1.79. The monoisotopic (exact) mass is 130 g/mol. The molecule has 1 atom stereocenters. The lowest BCUT2D eigenvalue weighted by Crippen LogP contribution is -2.42. The van der Waals surface area contributed by atoms with Crippen LogP contribution in [-0.2, 0) is 0 Å². The van der Waals surface area contributed by atoms with E-state index < -0.39 is 0 Å². The molecule has 0 bridgehead atoms. The minimum atomic E-state index is 0.440. The molecule has 2 N–H and O–H groups in total. The van der Waals surface area contributed by atoms with Crippen molar-refractivity contribution in [2.45, 2.75) is 39.9 Å². The normalized spacial score (nSPS) is 14.3. The van der Waals surface area contributed by atoms with Crippen LogP contribution in [0.4, 0.5) is 0 Å².